The summed E-state index contributed by atoms with van der Waals surface area (Å²) in [5.74, 6) is -0.117. The Balaban J connectivity index is 2.04. The van der Waals surface area contributed by atoms with Crippen LogP contribution in [0.1, 0.15) is 11.1 Å². The number of hydrogen-bond donors (Lipinski definition) is 3. The van der Waals surface area contributed by atoms with Gasteiger partial charge in [-0.25, -0.2) is 4.79 Å². The number of para-hydroxylation sites is 1. The molecule has 25 heavy (non-hydrogen) atoms. The minimum Gasteiger partial charge on any atom is -0.433 e. The molecule has 2 rings (SSSR count). The summed E-state index contributed by atoms with van der Waals surface area (Å²) in [5, 5.41) is 14.6. The first kappa shape index (κ1) is 18.7. The number of carbonyl (C=O) groups is 1. The molecule has 5 nitrogen and oxygen atoms in total. The molecule has 0 aliphatic rings. The Morgan fingerprint density at radius 3 is 2.52 bits per heavy atom. The third kappa shape index (κ3) is 5.72. The SMILES string of the molecule is Cc1cccc(OC(F)F)c1NC(=O)NC(CO)Cc1ccccc1. The lowest BCUT2D eigenvalue weighted by Crippen LogP contribution is -2.41. The lowest BCUT2D eigenvalue weighted by Gasteiger charge is -2.19. The molecule has 0 radical (unpaired) electrons. The molecule has 0 saturated carbocycles. The molecule has 2 aromatic rings. The lowest BCUT2D eigenvalue weighted by molar-refractivity contribution is -0.0493. The molecule has 7 heteroatoms. The van der Waals surface area contributed by atoms with E-state index in [0.29, 0.717) is 12.0 Å². The predicted molar refractivity (Wildman–Crippen MR) is 91.0 cm³/mol. The Labute approximate surface area is 144 Å². The van der Waals surface area contributed by atoms with Crippen molar-refractivity contribution in [3.63, 3.8) is 0 Å². The van der Waals surface area contributed by atoms with Crippen LogP contribution < -0.4 is 15.4 Å². The van der Waals surface area contributed by atoms with E-state index < -0.39 is 18.7 Å². The number of anilines is 1. The molecule has 0 aromatic heterocycles. The maximum absolute atomic E-state index is 12.5. The number of ether oxygens (including phenoxy) is 1. The number of nitrogens with one attached hydrogen (secondary N) is 2. The van der Waals surface area contributed by atoms with E-state index in [4.69, 9.17) is 0 Å². The second kappa shape index (κ2) is 8.98. The van der Waals surface area contributed by atoms with Crippen molar-refractivity contribution >= 4 is 11.7 Å². The topological polar surface area (TPSA) is 70.6 Å². The minimum atomic E-state index is -2.99. The summed E-state index contributed by atoms with van der Waals surface area (Å²) in [4.78, 5) is 12.2. The van der Waals surface area contributed by atoms with Crippen molar-refractivity contribution in [2.45, 2.75) is 26.0 Å². The van der Waals surface area contributed by atoms with Gasteiger partial charge in [0.05, 0.1) is 18.3 Å². The maximum atomic E-state index is 12.5. The van der Waals surface area contributed by atoms with Crippen LogP contribution in [0.2, 0.25) is 0 Å². The summed E-state index contributed by atoms with van der Waals surface area (Å²) in [6, 6.07) is 12.8. The van der Waals surface area contributed by atoms with Gasteiger partial charge in [0.1, 0.15) is 5.75 Å². The fourth-order valence-electron chi connectivity index (χ4n) is 2.39. The van der Waals surface area contributed by atoms with Crippen molar-refractivity contribution < 1.29 is 23.4 Å². The molecule has 0 spiro atoms. The van der Waals surface area contributed by atoms with Crippen molar-refractivity contribution in [1.82, 2.24) is 5.32 Å². The van der Waals surface area contributed by atoms with Gasteiger partial charge < -0.3 is 20.5 Å². The summed E-state index contributed by atoms with van der Waals surface area (Å²) in [5.41, 5.74) is 1.70. The van der Waals surface area contributed by atoms with E-state index in [1.165, 1.54) is 6.07 Å². The summed E-state index contributed by atoms with van der Waals surface area (Å²) in [6.07, 6.45) is 0.443. The Morgan fingerprint density at radius 2 is 1.88 bits per heavy atom. The van der Waals surface area contributed by atoms with Gasteiger partial charge >= 0.3 is 12.6 Å². The molecule has 0 heterocycles. The summed E-state index contributed by atoms with van der Waals surface area (Å²) in [7, 11) is 0. The van der Waals surface area contributed by atoms with E-state index in [2.05, 4.69) is 15.4 Å². The van der Waals surface area contributed by atoms with Gasteiger partial charge in [-0.1, -0.05) is 42.5 Å². The van der Waals surface area contributed by atoms with Crippen LogP contribution in [-0.2, 0) is 6.42 Å². The third-order valence-corrected chi connectivity index (χ3v) is 3.57. The Kier molecular flexibility index (Phi) is 6.71. The van der Waals surface area contributed by atoms with Crippen LogP contribution in [0.25, 0.3) is 0 Å². The normalized spacial score (nSPS) is 11.9. The van der Waals surface area contributed by atoms with Crippen molar-refractivity contribution in [2.75, 3.05) is 11.9 Å². The summed E-state index contributed by atoms with van der Waals surface area (Å²) < 4.78 is 29.4. The molecule has 3 N–H and O–H groups in total. The van der Waals surface area contributed by atoms with Crippen LogP contribution in [0, 0.1) is 6.92 Å². The number of rotatable bonds is 7. The van der Waals surface area contributed by atoms with E-state index in [1.807, 2.05) is 30.3 Å². The highest BCUT2D eigenvalue weighted by molar-refractivity contribution is 5.92. The van der Waals surface area contributed by atoms with Gasteiger partial charge in [0.15, 0.2) is 0 Å². The first-order valence-electron chi connectivity index (χ1n) is 7.76. The molecule has 1 atom stereocenters. The minimum absolute atomic E-state index is 0.117. The molecule has 2 amide bonds. The number of benzene rings is 2. The van der Waals surface area contributed by atoms with Crippen LogP contribution in [0.4, 0.5) is 19.3 Å². The highest BCUT2D eigenvalue weighted by Crippen LogP contribution is 2.29. The van der Waals surface area contributed by atoms with Gasteiger partial charge in [0.25, 0.3) is 0 Å². The van der Waals surface area contributed by atoms with Crippen molar-refractivity contribution in [3.8, 4) is 5.75 Å². The van der Waals surface area contributed by atoms with E-state index in [-0.39, 0.29) is 18.0 Å². The van der Waals surface area contributed by atoms with Crippen molar-refractivity contribution in [3.05, 3.63) is 59.7 Å². The van der Waals surface area contributed by atoms with Crippen LogP contribution in [0.3, 0.4) is 0 Å². The first-order valence-corrected chi connectivity index (χ1v) is 7.76. The standard InChI is InChI=1S/C18H20F2N2O3/c1-12-6-5-9-15(25-17(19)20)16(12)22-18(24)21-14(11-23)10-13-7-3-2-4-8-13/h2-9,14,17,23H,10-11H2,1H3,(H2,21,22,24). The van der Waals surface area contributed by atoms with Crippen molar-refractivity contribution in [1.29, 1.82) is 0 Å². The average molecular weight is 350 g/mol. The van der Waals surface area contributed by atoms with Gasteiger partial charge in [-0.3, -0.25) is 0 Å². The van der Waals surface area contributed by atoms with Gasteiger partial charge in [0.2, 0.25) is 0 Å². The molecule has 0 bridgehead atoms. The number of aryl methyl sites for hydroxylation is 1. The molecular weight excluding hydrogens is 330 g/mol. The Hall–Kier alpha value is -2.67. The highest BCUT2D eigenvalue weighted by Gasteiger charge is 2.16. The second-order valence-corrected chi connectivity index (χ2v) is 5.49. The van der Waals surface area contributed by atoms with Gasteiger partial charge in [-0.05, 0) is 30.5 Å². The first-order chi connectivity index (χ1) is 12.0. The predicted octanol–water partition coefficient (Wildman–Crippen LogP) is 3.32. The quantitative estimate of drug-likeness (QED) is 0.717. The van der Waals surface area contributed by atoms with E-state index >= 15 is 0 Å². The number of halogens is 2. The molecule has 2 aromatic carbocycles. The lowest BCUT2D eigenvalue weighted by atomic mass is 10.1. The van der Waals surface area contributed by atoms with E-state index in [0.717, 1.165) is 5.56 Å². The number of aliphatic hydroxyl groups is 1. The van der Waals surface area contributed by atoms with Crippen molar-refractivity contribution in [2.24, 2.45) is 0 Å². The Morgan fingerprint density at radius 1 is 1.16 bits per heavy atom. The van der Waals surface area contributed by atoms with Crippen LogP contribution in [0.5, 0.6) is 5.75 Å². The maximum Gasteiger partial charge on any atom is 0.387 e. The van der Waals surface area contributed by atoms with Gasteiger partial charge in [-0.2, -0.15) is 8.78 Å². The third-order valence-electron chi connectivity index (χ3n) is 3.57. The number of amides is 2. The fourth-order valence-corrected chi connectivity index (χ4v) is 2.39. The van der Waals surface area contributed by atoms with E-state index in [9.17, 15) is 18.7 Å². The van der Waals surface area contributed by atoms with Gasteiger partial charge in [-0.15, -0.1) is 0 Å². The smallest absolute Gasteiger partial charge is 0.387 e. The summed E-state index contributed by atoms with van der Waals surface area (Å²) >= 11 is 0. The van der Waals surface area contributed by atoms with Crippen LogP contribution in [-0.4, -0.2) is 30.4 Å². The molecular formula is C18H20F2N2O3. The monoisotopic (exact) mass is 350 g/mol. The largest absolute Gasteiger partial charge is 0.433 e. The zero-order chi connectivity index (χ0) is 18.2. The zero-order valence-corrected chi connectivity index (χ0v) is 13.7. The van der Waals surface area contributed by atoms with Crippen LogP contribution >= 0.6 is 0 Å². The zero-order valence-electron chi connectivity index (χ0n) is 13.7. The fraction of sp³-hybridized carbons (Fsp3) is 0.278. The number of urea groups is 1. The number of carbonyl (C=O) groups excluding carboxylic acids is 1. The second-order valence-electron chi connectivity index (χ2n) is 5.49. The number of alkyl halides is 2. The average Bonchev–Trinajstić information content (AvgIpc) is 2.58. The number of hydrogen-bond acceptors (Lipinski definition) is 3. The van der Waals surface area contributed by atoms with Crippen LogP contribution in [0.15, 0.2) is 48.5 Å². The molecule has 0 aliphatic heterocycles. The summed E-state index contributed by atoms with van der Waals surface area (Å²) in [6.45, 7) is -1.58. The molecule has 134 valence electrons. The molecule has 0 fully saturated rings. The highest BCUT2D eigenvalue weighted by atomic mass is 19.3. The number of aliphatic hydroxyl groups excluding tert-OH is 1. The van der Waals surface area contributed by atoms with E-state index in [1.54, 1.807) is 19.1 Å². The molecule has 0 saturated heterocycles. The molecule has 1 unspecified atom stereocenters. The van der Waals surface area contributed by atoms with Gasteiger partial charge in [0, 0.05) is 0 Å². The Bertz CT molecular complexity index is 696. The molecule has 0 aliphatic carbocycles.